The fraction of sp³-hybridized carbons (Fsp3) is 0.833. The number of hydrogen-bond donors (Lipinski definition) is 4. The fourth-order valence-corrected chi connectivity index (χ4v) is 1.58. The molecule has 0 fully saturated rings. The SMILES string of the molecule is CC(C)(C(=O)NCCN(CCN)CCN)C(N)C=O. The molecule has 7 nitrogen and oxygen atoms in total. The van der Waals surface area contributed by atoms with Crippen LogP contribution in [0.1, 0.15) is 13.8 Å². The molecule has 7 heteroatoms. The highest BCUT2D eigenvalue weighted by atomic mass is 16.2. The molecule has 0 aliphatic heterocycles. The third-order valence-electron chi connectivity index (χ3n) is 3.17. The van der Waals surface area contributed by atoms with Crippen LogP contribution in [0.15, 0.2) is 0 Å². The standard InChI is InChI=1S/C12H27N5O2/c1-12(2,10(15)9-18)11(19)16-5-8-17(6-3-13)7-4-14/h9-10H,3-8,13-15H2,1-2H3,(H,16,19). The second-order valence-electron chi connectivity index (χ2n) is 5.06. The molecule has 112 valence electrons. The zero-order chi connectivity index (χ0) is 14.9. The second kappa shape index (κ2) is 8.98. The first-order valence-corrected chi connectivity index (χ1v) is 6.51. The Balaban J connectivity index is 4.18. The number of aldehydes is 1. The summed E-state index contributed by atoms with van der Waals surface area (Å²) in [6.07, 6.45) is 0.592. The van der Waals surface area contributed by atoms with E-state index in [1.54, 1.807) is 13.8 Å². The Hall–Kier alpha value is -1.02. The fourth-order valence-electron chi connectivity index (χ4n) is 1.58. The van der Waals surface area contributed by atoms with E-state index in [1.807, 2.05) is 0 Å². The van der Waals surface area contributed by atoms with Crippen molar-refractivity contribution in [2.75, 3.05) is 39.3 Å². The summed E-state index contributed by atoms with van der Waals surface area (Å²) in [6, 6.07) is -0.809. The number of rotatable bonds is 10. The molecule has 0 aliphatic rings. The Morgan fingerprint density at radius 1 is 1.26 bits per heavy atom. The zero-order valence-corrected chi connectivity index (χ0v) is 11.9. The number of nitrogens with one attached hydrogen (secondary N) is 1. The minimum Gasteiger partial charge on any atom is -0.354 e. The van der Waals surface area contributed by atoms with Gasteiger partial charge in [0.1, 0.15) is 6.29 Å². The van der Waals surface area contributed by atoms with Crippen molar-refractivity contribution in [2.45, 2.75) is 19.9 Å². The largest absolute Gasteiger partial charge is 0.354 e. The van der Waals surface area contributed by atoms with E-state index < -0.39 is 11.5 Å². The summed E-state index contributed by atoms with van der Waals surface area (Å²) < 4.78 is 0. The molecule has 1 amide bonds. The maximum absolute atomic E-state index is 11.9. The lowest BCUT2D eigenvalue weighted by molar-refractivity contribution is -0.132. The van der Waals surface area contributed by atoms with E-state index in [1.165, 1.54) is 0 Å². The third-order valence-corrected chi connectivity index (χ3v) is 3.17. The molecule has 0 aromatic rings. The van der Waals surface area contributed by atoms with Crippen LogP contribution in [0.5, 0.6) is 0 Å². The average Bonchev–Trinajstić information content (AvgIpc) is 2.37. The molecule has 1 atom stereocenters. The van der Waals surface area contributed by atoms with Gasteiger partial charge in [-0.05, 0) is 13.8 Å². The number of nitrogens with zero attached hydrogens (tertiary/aromatic N) is 1. The van der Waals surface area contributed by atoms with Crippen LogP contribution in [0, 0.1) is 5.41 Å². The van der Waals surface area contributed by atoms with E-state index in [0.717, 1.165) is 13.1 Å². The van der Waals surface area contributed by atoms with Gasteiger partial charge in [0.15, 0.2) is 0 Å². The van der Waals surface area contributed by atoms with Gasteiger partial charge in [-0.1, -0.05) is 0 Å². The molecule has 19 heavy (non-hydrogen) atoms. The Morgan fingerprint density at radius 2 is 1.79 bits per heavy atom. The van der Waals surface area contributed by atoms with E-state index in [-0.39, 0.29) is 5.91 Å². The number of carbonyl (C=O) groups is 2. The Labute approximate surface area is 114 Å². The molecule has 0 aromatic heterocycles. The van der Waals surface area contributed by atoms with E-state index in [0.29, 0.717) is 32.5 Å². The highest BCUT2D eigenvalue weighted by molar-refractivity contribution is 5.86. The maximum atomic E-state index is 11.9. The lowest BCUT2D eigenvalue weighted by Crippen LogP contribution is -2.51. The summed E-state index contributed by atoms with van der Waals surface area (Å²) in [7, 11) is 0. The van der Waals surface area contributed by atoms with Crippen LogP contribution < -0.4 is 22.5 Å². The summed E-state index contributed by atoms with van der Waals surface area (Å²) in [5, 5.41) is 2.78. The van der Waals surface area contributed by atoms with Gasteiger partial charge in [0.2, 0.25) is 5.91 Å². The first-order valence-electron chi connectivity index (χ1n) is 6.51. The second-order valence-corrected chi connectivity index (χ2v) is 5.06. The number of amides is 1. The van der Waals surface area contributed by atoms with Crippen LogP contribution in [0.3, 0.4) is 0 Å². The van der Waals surface area contributed by atoms with Crippen molar-refractivity contribution in [3.05, 3.63) is 0 Å². The van der Waals surface area contributed by atoms with Crippen LogP contribution in [-0.4, -0.2) is 62.4 Å². The molecule has 1 unspecified atom stereocenters. The van der Waals surface area contributed by atoms with Gasteiger partial charge in [-0.3, -0.25) is 9.69 Å². The van der Waals surface area contributed by atoms with Crippen molar-refractivity contribution in [1.82, 2.24) is 10.2 Å². The Kier molecular flexibility index (Phi) is 8.49. The summed E-state index contributed by atoms with van der Waals surface area (Å²) in [5.41, 5.74) is 15.7. The molecular weight excluding hydrogens is 246 g/mol. The Bertz CT molecular complexity index is 277. The van der Waals surface area contributed by atoms with Gasteiger partial charge < -0.3 is 27.3 Å². The van der Waals surface area contributed by atoms with Crippen molar-refractivity contribution in [1.29, 1.82) is 0 Å². The highest BCUT2D eigenvalue weighted by Crippen LogP contribution is 2.17. The zero-order valence-electron chi connectivity index (χ0n) is 11.9. The molecule has 0 saturated carbocycles. The minimum absolute atomic E-state index is 0.229. The molecule has 0 rings (SSSR count). The quantitative estimate of drug-likeness (QED) is 0.337. The van der Waals surface area contributed by atoms with Crippen molar-refractivity contribution < 1.29 is 9.59 Å². The van der Waals surface area contributed by atoms with E-state index in [4.69, 9.17) is 17.2 Å². The van der Waals surface area contributed by atoms with Crippen LogP contribution in [-0.2, 0) is 9.59 Å². The summed E-state index contributed by atoms with van der Waals surface area (Å²) in [6.45, 7) is 7.04. The molecule has 0 spiro atoms. The molecule has 7 N–H and O–H groups in total. The van der Waals surface area contributed by atoms with Crippen LogP contribution >= 0.6 is 0 Å². The van der Waals surface area contributed by atoms with Crippen LogP contribution in [0.4, 0.5) is 0 Å². The van der Waals surface area contributed by atoms with Crippen LogP contribution in [0.2, 0.25) is 0 Å². The monoisotopic (exact) mass is 273 g/mol. The predicted octanol–water partition coefficient (Wildman–Crippen LogP) is -2.13. The predicted molar refractivity (Wildman–Crippen MR) is 75.4 cm³/mol. The number of carbonyl (C=O) groups excluding carboxylic acids is 2. The summed E-state index contributed by atoms with van der Waals surface area (Å²) in [4.78, 5) is 24.7. The highest BCUT2D eigenvalue weighted by Gasteiger charge is 2.34. The van der Waals surface area contributed by atoms with Crippen molar-refractivity contribution in [3.63, 3.8) is 0 Å². The third kappa shape index (κ3) is 6.11. The van der Waals surface area contributed by atoms with Gasteiger partial charge in [0, 0.05) is 39.3 Å². The van der Waals surface area contributed by atoms with Gasteiger partial charge >= 0.3 is 0 Å². The first kappa shape index (κ1) is 18.0. The van der Waals surface area contributed by atoms with Gasteiger partial charge in [0.05, 0.1) is 11.5 Å². The van der Waals surface area contributed by atoms with Gasteiger partial charge in [-0.15, -0.1) is 0 Å². The van der Waals surface area contributed by atoms with Gasteiger partial charge in [-0.2, -0.15) is 0 Å². The van der Waals surface area contributed by atoms with Gasteiger partial charge in [0.25, 0.3) is 0 Å². The lowest BCUT2D eigenvalue weighted by Gasteiger charge is -2.27. The smallest absolute Gasteiger partial charge is 0.227 e. The van der Waals surface area contributed by atoms with Crippen molar-refractivity contribution >= 4 is 12.2 Å². The average molecular weight is 273 g/mol. The molecule has 0 aromatic carbocycles. The van der Waals surface area contributed by atoms with Crippen molar-refractivity contribution in [2.24, 2.45) is 22.6 Å². The molecule has 0 bridgehead atoms. The van der Waals surface area contributed by atoms with Crippen LogP contribution in [0.25, 0.3) is 0 Å². The molecule has 0 heterocycles. The van der Waals surface area contributed by atoms with E-state index in [9.17, 15) is 9.59 Å². The molecule has 0 radical (unpaired) electrons. The molecule has 0 aliphatic carbocycles. The molecule has 0 saturated heterocycles. The summed E-state index contributed by atoms with van der Waals surface area (Å²) in [5.74, 6) is -0.229. The summed E-state index contributed by atoms with van der Waals surface area (Å²) >= 11 is 0. The van der Waals surface area contributed by atoms with Gasteiger partial charge in [-0.25, -0.2) is 0 Å². The van der Waals surface area contributed by atoms with E-state index in [2.05, 4.69) is 10.2 Å². The number of nitrogens with two attached hydrogens (primary N) is 3. The van der Waals surface area contributed by atoms with Crippen molar-refractivity contribution in [3.8, 4) is 0 Å². The molecular formula is C12H27N5O2. The minimum atomic E-state index is -0.908. The normalized spacial score (nSPS) is 13.4. The Morgan fingerprint density at radius 3 is 2.21 bits per heavy atom. The first-order chi connectivity index (χ1) is 8.89. The number of hydrogen-bond acceptors (Lipinski definition) is 6. The topological polar surface area (TPSA) is 127 Å². The maximum Gasteiger partial charge on any atom is 0.227 e. The lowest BCUT2D eigenvalue weighted by atomic mass is 9.84. The van der Waals surface area contributed by atoms with E-state index >= 15 is 0 Å².